The molecule has 1 aromatic heterocycles. The fourth-order valence-electron chi connectivity index (χ4n) is 1.19. The highest BCUT2D eigenvalue weighted by Crippen LogP contribution is 2.22. The van der Waals surface area contributed by atoms with Crippen molar-refractivity contribution in [2.75, 3.05) is 12.4 Å². The first kappa shape index (κ1) is 11.2. The first-order valence-electron chi connectivity index (χ1n) is 5.03. The van der Waals surface area contributed by atoms with Gasteiger partial charge in [-0.2, -0.15) is 0 Å². The van der Waals surface area contributed by atoms with Gasteiger partial charge in [0.1, 0.15) is 0 Å². The third-order valence-corrected chi connectivity index (χ3v) is 2.86. The molecule has 0 saturated carbocycles. The zero-order chi connectivity index (χ0) is 11.2. The number of aliphatic hydroxyl groups excluding tert-OH is 1. The maximum atomic E-state index is 8.65. The molecule has 0 radical (unpaired) electrons. The molecule has 1 heterocycles. The molecule has 1 aromatic carbocycles. The van der Waals surface area contributed by atoms with Crippen LogP contribution in [-0.4, -0.2) is 27.7 Å². The lowest BCUT2D eigenvalue weighted by atomic mass is 10.2. The van der Waals surface area contributed by atoms with Crippen LogP contribution in [0.15, 0.2) is 40.0 Å². The maximum absolute atomic E-state index is 8.65. The monoisotopic (exact) mass is 236 g/mol. The molecular weight excluding hydrogens is 224 g/mol. The van der Waals surface area contributed by atoms with Gasteiger partial charge in [-0.3, -0.25) is 0 Å². The van der Waals surface area contributed by atoms with Crippen LogP contribution >= 0.6 is 11.8 Å². The quantitative estimate of drug-likeness (QED) is 0.637. The maximum Gasteiger partial charge on any atom is 0.276 e. The van der Waals surface area contributed by atoms with Gasteiger partial charge < -0.3 is 9.52 Å². The average molecular weight is 236 g/mol. The second-order valence-electron chi connectivity index (χ2n) is 3.16. The number of hydrogen-bond donors (Lipinski definition) is 1. The highest BCUT2D eigenvalue weighted by atomic mass is 32.2. The molecule has 0 saturated heterocycles. The Hall–Kier alpha value is -1.33. The van der Waals surface area contributed by atoms with Crippen molar-refractivity contribution in [2.24, 2.45) is 0 Å². The smallest absolute Gasteiger partial charge is 0.276 e. The lowest BCUT2D eigenvalue weighted by Crippen LogP contribution is -1.85. The van der Waals surface area contributed by atoms with Gasteiger partial charge in [-0.05, 0) is 18.6 Å². The molecule has 0 atom stereocenters. The topological polar surface area (TPSA) is 59.2 Å². The molecule has 2 rings (SSSR count). The van der Waals surface area contributed by atoms with Gasteiger partial charge in [0.2, 0.25) is 5.89 Å². The van der Waals surface area contributed by atoms with Crippen LogP contribution in [0.5, 0.6) is 0 Å². The summed E-state index contributed by atoms with van der Waals surface area (Å²) in [4.78, 5) is 0. The minimum absolute atomic E-state index is 0.187. The standard InChI is InChI=1S/C11H12N2O2S/c14-7-4-8-16-11-13-12-10(15-11)9-5-2-1-3-6-9/h1-3,5-6,14H,4,7-8H2. The minimum atomic E-state index is 0.187. The lowest BCUT2D eigenvalue weighted by Gasteiger charge is -1.93. The summed E-state index contributed by atoms with van der Waals surface area (Å²) in [5.74, 6) is 1.32. The predicted molar refractivity (Wildman–Crippen MR) is 62.2 cm³/mol. The third kappa shape index (κ3) is 2.84. The molecule has 0 fully saturated rings. The molecule has 0 aliphatic heterocycles. The number of nitrogens with zero attached hydrogens (tertiary/aromatic N) is 2. The lowest BCUT2D eigenvalue weighted by molar-refractivity contribution is 0.296. The fourth-order valence-corrected chi connectivity index (χ4v) is 1.87. The van der Waals surface area contributed by atoms with E-state index in [9.17, 15) is 0 Å². The van der Waals surface area contributed by atoms with Crippen LogP contribution in [0.4, 0.5) is 0 Å². The van der Waals surface area contributed by atoms with Gasteiger partial charge in [0.05, 0.1) is 0 Å². The number of benzene rings is 1. The largest absolute Gasteiger partial charge is 0.411 e. The summed E-state index contributed by atoms with van der Waals surface area (Å²) in [6.07, 6.45) is 0.730. The van der Waals surface area contributed by atoms with E-state index < -0.39 is 0 Å². The first-order chi connectivity index (χ1) is 7.90. The first-order valence-corrected chi connectivity index (χ1v) is 6.01. The van der Waals surface area contributed by atoms with Gasteiger partial charge in [-0.15, -0.1) is 10.2 Å². The van der Waals surface area contributed by atoms with E-state index in [0.29, 0.717) is 11.1 Å². The van der Waals surface area contributed by atoms with Crippen molar-refractivity contribution >= 4 is 11.8 Å². The second kappa shape index (κ2) is 5.67. The van der Waals surface area contributed by atoms with Gasteiger partial charge in [0.25, 0.3) is 5.22 Å². The van der Waals surface area contributed by atoms with E-state index in [0.717, 1.165) is 17.7 Å². The van der Waals surface area contributed by atoms with E-state index >= 15 is 0 Å². The Kier molecular flexibility index (Phi) is 3.96. The van der Waals surface area contributed by atoms with E-state index in [4.69, 9.17) is 9.52 Å². The Bertz CT molecular complexity index is 431. The summed E-state index contributed by atoms with van der Waals surface area (Å²) < 4.78 is 5.48. The van der Waals surface area contributed by atoms with Crippen LogP contribution in [0.1, 0.15) is 6.42 Å². The van der Waals surface area contributed by atoms with E-state index in [1.54, 1.807) is 0 Å². The molecule has 0 aliphatic rings. The Balaban J connectivity index is 2.02. The molecule has 0 aliphatic carbocycles. The number of aliphatic hydroxyl groups is 1. The normalized spacial score (nSPS) is 10.6. The van der Waals surface area contributed by atoms with Gasteiger partial charge in [-0.1, -0.05) is 30.0 Å². The molecule has 5 heteroatoms. The molecule has 4 nitrogen and oxygen atoms in total. The van der Waals surface area contributed by atoms with E-state index in [1.165, 1.54) is 11.8 Å². The van der Waals surface area contributed by atoms with Gasteiger partial charge in [0, 0.05) is 17.9 Å². The Morgan fingerprint density at radius 2 is 2.00 bits per heavy atom. The zero-order valence-corrected chi connectivity index (χ0v) is 9.48. The Labute approximate surface area is 97.7 Å². The summed E-state index contributed by atoms with van der Waals surface area (Å²) in [7, 11) is 0. The number of rotatable bonds is 5. The molecular formula is C11H12N2O2S. The molecule has 2 aromatic rings. The van der Waals surface area contributed by atoms with Crippen LogP contribution in [0, 0.1) is 0 Å². The van der Waals surface area contributed by atoms with E-state index in [-0.39, 0.29) is 6.61 Å². The number of aromatic nitrogens is 2. The average Bonchev–Trinajstić information content (AvgIpc) is 2.79. The molecule has 1 N–H and O–H groups in total. The zero-order valence-electron chi connectivity index (χ0n) is 8.67. The van der Waals surface area contributed by atoms with Crippen LogP contribution in [0.2, 0.25) is 0 Å². The van der Waals surface area contributed by atoms with E-state index in [1.807, 2.05) is 30.3 Å². The van der Waals surface area contributed by atoms with Crippen molar-refractivity contribution in [1.29, 1.82) is 0 Å². The summed E-state index contributed by atoms with van der Waals surface area (Å²) >= 11 is 1.46. The van der Waals surface area contributed by atoms with E-state index in [2.05, 4.69) is 10.2 Å². The SMILES string of the molecule is OCCCSc1nnc(-c2ccccc2)o1. The van der Waals surface area contributed by atoms with Crippen LogP contribution in [0.25, 0.3) is 11.5 Å². The minimum Gasteiger partial charge on any atom is -0.411 e. The highest BCUT2D eigenvalue weighted by Gasteiger charge is 2.07. The second-order valence-corrected chi connectivity index (χ2v) is 4.21. The van der Waals surface area contributed by atoms with Crippen molar-refractivity contribution in [3.63, 3.8) is 0 Å². The summed E-state index contributed by atoms with van der Waals surface area (Å²) in [6, 6.07) is 9.65. The van der Waals surface area contributed by atoms with Crippen molar-refractivity contribution in [2.45, 2.75) is 11.6 Å². The molecule has 0 bridgehead atoms. The van der Waals surface area contributed by atoms with Gasteiger partial charge >= 0.3 is 0 Å². The predicted octanol–water partition coefficient (Wildman–Crippen LogP) is 2.21. The van der Waals surface area contributed by atoms with Crippen LogP contribution in [0.3, 0.4) is 0 Å². The molecule has 16 heavy (non-hydrogen) atoms. The molecule has 84 valence electrons. The third-order valence-electron chi connectivity index (χ3n) is 1.96. The van der Waals surface area contributed by atoms with Gasteiger partial charge in [-0.25, -0.2) is 0 Å². The Morgan fingerprint density at radius 1 is 1.19 bits per heavy atom. The van der Waals surface area contributed by atoms with Crippen molar-refractivity contribution in [1.82, 2.24) is 10.2 Å². The summed E-state index contributed by atoms with van der Waals surface area (Å²) in [5.41, 5.74) is 0.920. The van der Waals surface area contributed by atoms with Crippen molar-refractivity contribution in [3.8, 4) is 11.5 Å². The van der Waals surface area contributed by atoms with Crippen LogP contribution < -0.4 is 0 Å². The molecule has 0 amide bonds. The Morgan fingerprint density at radius 3 is 2.75 bits per heavy atom. The van der Waals surface area contributed by atoms with Gasteiger partial charge in [0.15, 0.2) is 0 Å². The van der Waals surface area contributed by atoms with Crippen molar-refractivity contribution < 1.29 is 9.52 Å². The number of hydrogen-bond acceptors (Lipinski definition) is 5. The number of thioether (sulfide) groups is 1. The van der Waals surface area contributed by atoms with Crippen molar-refractivity contribution in [3.05, 3.63) is 30.3 Å². The highest BCUT2D eigenvalue weighted by molar-refractivity contribution is 7.99. The summed E-state index contributed by atoms with van der Waals surface area (Å²) in [6.45, 7) is 0.187. The molecule has 0 unspecified atom stereocenters. The van der Waals surface area contributed by atoms with Crippen LogP contribution in [-0.2, 0) is 0 Å². The fraction of sp³-hybridized carbons (Fsp3) is 0.273. The molecule has 0 spiro atoms. The summed E-state index contributed by atoms with van der Waals surface area (Å²) in [5, 5.41) is 17.1.